The summed E-state index contributed by atoms with van der Waals surface area (Å²) in [6.07, 6.45) is 0. The zero-order chi connectivity index (χ0) is 17.3. The monoisotopic (exact) mass is 310 g/mol. The SMILES string of the molecule is Cc1ccccc1C(=O)c1c(C)c(C#N)c(=O)n(C(C)C)c1O. The topological polar surface area (TPSA) is 83.1 Å². The van der Waals surface area contributed by atoms with Crippen molar-refractivity contribution in [1.29, 1.82) is 5.26 Å². The highest BCUT2D eigenvalue weighted by molar-refractivity contribution is 6.12. The third-order valence-corrected chi connectivity index (χ3v) is 3.88. The summed E-state index contributed by atoms with van der Waals surface area (Å²) >= 11 is 0. The number of pyridine rings is 1. The van der Waals surface area contributed by atoms with Crippen LogP contribution in [-0.2, 0) is 0 Å². The molecule has 0 atom stereocenters. The van der Waals surface area contributed by atoms with E-state index in [0.717, 1.165) is 10.1 Å². The molecule has 0 aliphatic rings. The summed E-state index contributed by atoms with van der Waals surface area (Å²) in [6.45, 7) is 6.72. The molecule has 5 heteroatoms. The van der Waals surface area contributed by atoms with Crippen LogP contribution < -0.4 is 5.56 Å². The number of aromatic nitrogens is 1. The lowest BCUT2D eigenvalue weighted by Crippen LogP contribution is -2.28. The van der Waals surface area contributed by atoms with Crippen LogP contribution in [0.3, 0.4) is 0 Å². The lowest BCUT2D eigenvalue weighted by atomic mass is 9.94. The highest BCUT2D eigenvalue weighted by Crippen LogP contribution is 2.27. The number of carbonyl (C=O) groups is 1. The van der Waals surface area contributed by atoms with Gasteiger partial charge in [0.25, 0.3) is 5.56 Å². The first-order chi connectivity index (χ1) is 10.8. The molecule has 0 spiro atoms. The van der Waals surface area contributed by atoms with Gasteiger partial charge in [0.2, 0.25) is 5.88 Å². The molecule has 1 heterocycles. The Morgan fingerprint density at radius 2 is 1.87 bits per heavy atom. The molecule has 0 radical (unpaired) electrons. The van der Waals surface area contributed by atoms with E-state index in [-0.39, 0.29) is 22.7 Å². The molecule has 0 bridgehead atoms. The summed E-state index contributed by atoms with van der Waals surface area (Å²) in [4.78, 5) is 25.2. The van der Waals surface area contributed by atoms with Crippen LogP contribution in [0.4, 0.5) is 0 Å². The maximum atomic E-state index is 12.9. The van der Waals surface area contributed by atoms with Crippen LogP contribution in [-0.4, -0.2) is 15.5 Å². The summed E-state index contributed by atoms with van der Waals surface area (Å²) < 4.78 is 1.08. The Morgan fingerprint density at radius 3 is 2.39 bits per heavy atom. The number of hydrogen-bond acceptors (Lipinski definition) is 4. The Bertz CT molecular complexity index is 886. The maximum Gasteiger partial charge on any atom is 0.271 e. The molecule has 2 rings (SSSR count). The molecule has 2 aromatic rings. The standard InChI is InChI=1S/C18H18N2O3/c1-10(2)20-17(22)14(9-19)12(4)15(18(20)23)16(21)13-8-6-5-7-11(13)3/h5-8,10,23H,1-4H3. The van der Waals surface area contributed by atoms with E-state index in [4.69, 9.17) is 0 Å². The molecule has 0 amide bonds. The molecule has 0 saturated carbocycles. The van der Waals surface area contributed by atoms with Crippen molar-refractivity contribution >= 4 is 5.78 Å². The number of carbonyl (C=O) groups excluding carboxylic acids is 1. The smallest absolute Gasteiger partial charge is 0.271 e. The van der Waals surface area contributed by atoms with E-state index in [9.17, 15) is 20.0 Å². The molecule has 0 saturated heterocycles. The van der Waals surface area contributed by atoms with Gasteiger partial charge in [0.1, 0.15) is 11.6 Å². The third-order valence-electron chi connectivity index (χ3n) is 3.88. The van der Waals surface area contributed by atoms with Crippen LogP contribution in [0.1, 0.15) is 52.5 Å². The summed E-state index contributed by atoms with van der Waals surface area (Å²) in [7, 11) is 0. The van der Waals surface area contributed by atoms with E-state index < -0.39 is 17.2 Å². The van der Waals surface area contributed by atoms with Crippen molar-refractivity contribution in [3.63, 3.8) is 0 Å². The van der Waals surface area contributed by atoms with Crippen LogP contribution in [0.5, 0.6) is 5.88 Å². The van der Waals surface area contributed by atoms with Crippen molar-refractivity contribution in [3.8, 4) is 11.9 Å². The Labute approximate surface area is 134 Å². The Hall–Kier alpha value is -2.87. The highest BCUT2D eigenvalue weighted by atomic mass is 16.3. The number of nitrogens with zero attached hydrogens (tertiary/aromatic N) is 2. The summed E-state index contributed by atoms with van der Waals surface area (Å²) in [5.74, 6) is -0.793. The molecular formula is C18H18N2O3. The van der Waals surface area contributed by atoms with Crippen LogP contribution >= 0.6 is 0 Å². The first kappa shape index (κ1) is 16.5. The van der Waals surface area contributed by atoms with Gasteiger partial charge in [-0.3, -0.25) is 14.2 Å². The van der Waals surface area contributed by atoms with Crippen LogP contribution in [0.2, 0.25) is 0 Å². The number of ketones is 1. The van der Waals surface area contributed by atoms with Gasteiger partial charge >= 0.3 is 0 Å². The largest absolute Gasteiger partial charge is 0.494 e. The van der Waals surface area contributed by atoms with Crippen LogP contribution in [0, 0.1) is 25.2 Å². The third kappa shape index (κ3) is 2.64. The zero-order valence-corrected chi connectivity index (χ0v) is 13.5. The van der Waals surface area contributed by atoms with Crippen molar-refractivity contribution in [2.75, 3.05) is 0 Å². The van der Waals surface area contributed by atoms with Crippen molar-refractivity contribution in [2.24, 2.45) is 0 Å². The van der Waals surface area contributed by atoms with E-state index in [1.807, 2.05) is 12.1 Å². The van der Waals surface area contributed by atoms with Gasteiger partial charge in [-0.25, -0.2) is 0 Å². The molecule has 0 aliphatic heterocycles. The molecule has 5 nitrogen and oxygen atoms in total. The minimum Gasteiger partial charge on any atom is -0.494 e. The number of nitriles is 1. The first-order valence-corrected chi connectivity index (χ1v) is 7.29. The number of rotatable bonds is 3. The minimum absolute atomic E-state index is 0.00384. The second-order valence-corrected chi connectivity index (χ2v) is 5.72. The van der Waals surface area contributed by atoms with E-state index in [2.05, 4.69) is 0 Å². The van der Waals surface area contributed by atoms with Crippen molar-refractivity contribution in [2.45, 2.75) is 33.7 Å². The minimum atomic E-state index is -0.584. The van der Waals surface area contributed by atoms with E-state index in [1.165, 1.54) is 6.92 Å². The predicted molar refractivity (Wildman–Crippen MR) is 86.8 cm³/mol. The van der Waals surface area contributed by atoms with Gasteiger partial charge in [-0.2, -0.15) is 5.26 Å². The van der Waals surface area contributed by atoms with Gasteiger partial charge in [0.15, 0.2) is 5.78 Å². The van der Waals surface area contributed by atoms with E-state index >= 15 is 0 Å². The van der Waals surface area contributed by atoms with Crippen molar-refractivity contribution < 1.29 is 9.90 Å². The van der Waals surface area contributed by atoms with E-state index in [0.29, 0.717) is 5.56 Å². The van der Waals surface area contributed by atoms with Gasteiger partial charge in [-0.05, 0) is 38.8 Å². The van der Waals surface area contributed by atoms with Gasteiger partial charge in [0, 0.05) is 11.6 Å². The molecule has 1 aromatic heterocycles. The first-order valence-electron chi connectivity index (χ1n) is 7.29. The Balaban J connectivity index is 2.86. The number of aromatic hydroxyl groups is 1. The number of aryl methyl sites for hydroxylation is 1. The van der Waals surface area contributed by atoms with Crippen molar-refractivity contribution in [3.05, 3.63) is 62.4 Å². The predicted octanol–water partition coefficient (Wildman–Crippen LogP) is 2.85. The molecule has 0 aliphatic carbocycles. The lowest BCUT2D eigenvalue weighted by molar-refractivity contribution is 0.103. The molecular weight excluding hydrogens is 292 g/mol. The summed E-state index contributed by atoms with van der Waals surface area (Å²) in [5, 5.41) is 19.8. The van der Waals surface area contributed by atoms with E-state index in [1.54, 1.807) is 39.0 Å². The fraction of sp³-hybridized carbons (Fsp3) is 0.278. The zero-order valence-electron chi connectivity index (χ0n) is 13.5. The summed E-state index contributed by atoms with van der Waals surface area (Å²) in [6, 6.07) is 8.48. The van der Waals surface area contributed by atoms with Gasteiger partial charge in [-0.15, -0.1) is 0 Å². The fourth-order valence-electron chi connectivity index (χ4n) is 2.64. The second-order valence-electron chi connectivity index (χ2n) is 5.72. The maximum absolute atomic E-state index is 12.9. The Morgan fingerprint density at radius 1 is 1.26 bits per heavy atom. The molecule has 23 heavy (non-hydrogen) atoms. The van der Waals surface area contributed by atoms with Crippen molar-refractivity contribution in [1.82, 2.24) is 4.57 Å². The van der Waals surface area contributed by atoms with Gasteiger partial charge in [-0.1, -0.05) is 24.3 Å². The van der Waals surface area contributed by atoms with Gasteiger partial charge < -0.3 is 5.11 Å². The lowest BCUT2D eigenvalue weighted by Gasteiger charge is -2.18. The van der Waals surface area contributed by atoms with Gasteiger partial charge in [0.05, 0.1) is 5.56 Å². The molecule has 0 fully saturated rings. The fourth-order valence-corrected chi connectivity index (χ4v) is 2.64. The van der Waals surface area contributed by atoms with Crippen LogP contribution in [0.15, 0.2) is 29.1 Å². The molecule has 118 valence electrons. The second kappa shape index (κ2) is 6.09. The Kier molecular flexibility index (Phi) is 4.37. The molecule has 0 unspecified atom stereocenters. The normalized spacial score (nSPS) is 10.6. The average molecular weight is 310 g/mol. The molecule has 1 aromatic carbocycles. The average Bonchev–Trinajstić information content (AvgIpc) is 2.47. The molecule has 1 N–H and O–H groups in total. The highest BCUT2D eigenvalue weighted by Gasteiger charge is 2.26. The summed E-state index contributed by atoms with van der Waals surface area (Å²) in [5.41, 5.74) is 0.706. The van der Waals surface area contributed by atoms with Crippen LogP contribution in [0.25, 0.3) is 0 Å². The number of benzene rings is 1. The number of hydrogen-bond donors (Lipinski definition) is 1. The quantitative estimate of drug-likeness (QED) is 0.884.